The van der Waals surface area contributed by atoms with Gasteiger partial charge in [0.15, 0.2) is 0 Å². The Balaban J connectivity index is 1.44. The molecule has 0 amide bonds. The van der Waals surface area contributed by atoms with Gasteiger partial charge in [-0.15, -0.1) is 0 Å². The molecule has 3 nitrogen and oxygen atoms in total. The summed E-state index contributed by atoms with van der Waals surface area (Å²) in [6, 6.07) is 9.45. The highest BCUT2D eigenvalue weighted by molar-refractivity contribution is 5.31. The predicted molar refractivity (Wildman–Crippen MR) is 72.7 cm³/mol. The van der Waals surface area contributed by atoms with E-state index in [4.69, 9.17) is 4.74 Å². The summed E-state index contributed by atoms with van der Waals surface area (Å²) in [7, 11) is 0. The highest BCUT2D eigenvalue weighted by atomic mass is 16.5. The molecule has 0 aromatic heterocycles. The van der Waals surface area contributed by atoms with Gasteiger partial charge in [-0.1, -0.05) is 24.3 Å². The van der Waals surface area contributed by atoms with Crippen LogP contribution in [0, 0.1) is 0 Å². The molecule has 0 bridgehead atoms. The topological polar surface area (TPSA) is 33.3 Å². The molecule has 98 valence electrons. The van der Waals surface area contributed by atoms with Crippen molar-refractivity contribution in [1.82, 2.24) is 10.6 Å². The van der Waals surface area contributed by atoms with Gasteiger partial charge in [0.25, 0.3) is 0 Å². The second kappa shape index (κ2) is 5.83. The Labute approximate surface area is 109 Å². The summed E-state index contributed by atoms with van der Waals surface area (Å²) in [5.41, 5.74) is 2.82. The minimum Gasteiger partial charge on any atom is -0.372 e. The summed E-state index contributed by atoms with van der Waals surface area (Å²) in [4.78, 5) is 0. The summed E-state index contributed by atoms with van der Waals surface area (Å²) in [6.45, 7) is 3.87. The molecule has 3 heteroatoms. The number of hydrogen-bond acceptors (Lipinski definition) is 3. The van der Waals surface area contributed by atoms with Gasteiger partial charge in [0.2, 0.25) is 0 Å². The third kappa shape index (κ3) is 3.10. The maximum absolute atomic E-state index is 5.86. The van der Waals surface area contributed by atoms with E-state index < -0.39 is 0 Å². The van der Waals surface area contributed by atoms with E-state index in [0.717, 1.165) is 38.7 Å². The second-order valence-corrected chi connectivity index (χ2v) is 5.24. The van der Waals surface area contributed by atoms with Gasteiger partial charge in [-0.25, -0.2) is 0 Å². The van der Waals surface area contributed by atoms with E-state index in [1.165, 1.54) is 24.0 Å². The number of nitrogens with one attached hydrogen (secondary N) is 2. The molecule has 1 saturated carbocycles. The molecule has 1 heterocycles. The van der Waals surface area contributed by atoms with Crippen LogP contribution in [0.25, 0.3) is 0 Å². The molecule has 1 aromatic rings. The lowest BCUT2D eigenvalue weighted by atomic mass is 9.97. The fourth-order valence-corrected chi connectivity index (χ4v) is 2.53. The van der Waals surface area contributed by atoms with Crippen LogP contribution in [0.15, 0.2) is 24.3 Å². The van der Waals surface area contributed by atoms with Crippen molar-refractivity contribution in [3.63, 3.8) is 0 Å². The Morgan fingerprint density at radius 3 is 2.94 bits per heavy atom. The molecule has 2 N–H and O–H groups in total. The number of benzene rings is 1. The van der Waals surface area contributed by atoms with Crippen LogP contribution in [-0.2, 0) is 11.2 Å². The molecule has 3 rings (SSSR count). The third-order valence-corrected chi connectivity index (χ3v) is 3.73. The predicted octanol–water partition coefficient (Wildman–Crippen LogP) is 1.64. The van der Waals surface area contributed by atoms with Crippen molar-refractivity contribution in [1.29, 1.82) is 0 Å². The lowest BCUT2D eigenvalue weighted by Gasteiger charge is -2.26. The molecule has 2 aliphatic rings. The lowest BCUT2D eigenvalue weighted by Crippen LogP contribution is -2.33. The molecule has 1 aliphatic heterocycles. The Kier molecular flexibility index (Phi) is 3.93. The SMILES string of the molecule is c1ccc2c(c1)CCOC2CNCCNC1CC1. The Morgan fingerprint density at radius 1 is 1.17 bits per heavy atom. The van der Waals surface area contributed by atoms with Crippen LogP contribution in [0.2, 0.25) is 0 Å². The molecule has 1 aliphatic carbocycles. The Bertz CT molecular complexity index is 390. The van der Waals surface area contributed by atoms with Gasteiger partial charge < -0.3 is 15.4 Å². The average molecular weight is 246 g/mol. The lowest BCUT2D eigenvalue weighted by molar-refractivity contribution is 0.0427. The van der Waals surface area contributed by atoms with E-state index in [9.17, 15) is 0 Å². The van der Waals surface area contributed by atoms with Gasteiger partial charge in [0, 0.05) is 25.7 Å². The van der Waals surface area contributed by atoms with Crippen molar-refractivity contribution in [3.8, 4) is 0 Å². The summed E-state index contributed by atoms with van der Waals surface area (Å²) < 4.78 is 5.86. The fraction of sp³-hybridized carbons (Fsp3) is 0.600. The number of fused-ring (bicyclic) bond motifs is 1. The molecule has 1 unspecified atom stereocenters. The minimum atomic E-state index is 0.232. The van der Waals surface area contributed by atoms with Crippen molar-refractivity contribution in [2.24, 2.45) is 0 Å². The molecule has 18 heavy (non-hydrogen) atoms. The smallest absolute Gasteiger partial charge is 0.0952 e. The zero-order valence-corrected chi connectivity index (χ0v) is 10.8. The van der Waals surface area contributed by atoms with Crippen molar-refractivity contribution < 1.29 is 4.74 Å². The summed E-state index contributed by atoms with van der Waals surface area (Å²) >= 11 is 0. The largest absolute Gasteiger partial charge is 0.372 e. The first-order valence-corrected chi connectivity index (χ1v) is 7.07. The molecule has 1 aromatic carbocycles. The van der Waals surface area contributed by atoms with Gasteiger partial charge in [0.05, 0.1) is 12.7 Å². The van der Waals surface area contributed by atoms with E-state index in [1.807, 2.05) is 0 Å². The highest BCUT2D eigenvalue weighted by Gasteiger charge is 2.21. The normalized spacial score (nSPS) is 22.8. The molecule has 0 saturated heterocycles. The van der Waals surface area contributed by atoms with E-state index in [1.54, 1.807) is 0 Å². The first kappa shape index (κ1) is 12.2. The van der Waals surface area contributed by atoms with Crippen LogP contribution in [0.5, 0.6) is 0 Å². The van der Waals surface area contributed by atoms with Gasteiger partial charge >= 0.3 is 0 Å². The van der Waals surface area contributed by atoms with Crippen molar-refractivity contribution in [2.45, 2.75) is 31.4 Å². The molecular weight excluding hydrogens is 224 g/mol. The van der Waals surface area contributed by atoms with Crippen LogP contribution in [0.4, 0.5) is 0 Å². The van der Waals surface area contributed by atoms with Gasteiger partial charge in [-0.3, -0.25) is 0 Å². The zero-order chi connectivity index (χ0) is 12.2. The van der Waals surface area contributed by atoms with Gasteiger partial charge in [0.1, 0.15) is 0 Å². The molecule has 1 fully saturated rings. The van der Waals surface area contributed by atoms with E-state index >= 15 is 0 Å². The first-order valence-electron chi connectivity index (χ1n) is 7.07. The first-order chi connectivity index (χ1) is 8.93. The van der Waals surface area contributed by atoms with Gasteiger partial charge in [-0.2, -0.15) is 0 Å². The van der Waals surface area contributed by atoms with Crippen LogP contribution in [0.1, 0.15) is 30.1 Å². The van der Waals surface area contributed by atoms with E-state index in [-0.39, 0.29) is 6.10 Å². The van der Waals surface area contributed by atoms with E-state index in [2.05, 4.69) is 34.9 Å². The second-order valence-electron chi connectivity index (χ2n) is 5.24. The summed E-state index contributed by atoms with van der Waals surface area (Å²) in [6.07, 6.45) is 4.00. The third-order valence-electron chi connectivity index (χ3n) is 3.73. The minimum absolute atomic E-state index is 0.232. The molecular formula is C15H22N2O. The fourth-order valence-electron chi connectivity index (χ4n) is 2.53. The summed E-state index contributed by atoms with van der Waals surface area (Å²) in [5, 5.41) is 7.00. The molecule has 0 spiro atoms. The number of hydrogen-bond donors (Lipinski definition) is 2. The number of rotatable bonds is 6. The monoisotopic (exact) mass is 246 g/mol. The van der Waals surface area contributed by atoms with Crippen LogP contribution < -0.4 is 10.6 Å². The van der Waals surface area contributed by atoms with Crippen molar-refractivity contribution in [2.75, 3.05) is 26.2 Å². The highest BCUT2D eigenvalue weighted by Crippen LogP contribution is 2.26. The van der Waals surface area contributed by atoms with Crippen molar-refractivity contribution in [3.05, 3.63) is 35.4 Å². The Hall–Kier alpha value is -0.900. The molecule has 1 atom stereocenters. The van der Waals surface area contributed by atoms with Crippen LogP contribution in [-0.4, -0.2) is 32.3 Å². The maximum atomic E-state index is 5.86. The number of ether oxygens (including phenoxy) is 1. The quantitative estimate of drug-likeness (QED) is 0.749. The average Bonchev–Trinajstić information content (AvgIpc) is 3.23. The standard InChI is InChI=1S/C15H22N2O/c1-2-4-14-12(3-1)7-10-18-15(14)11-16-8-9-17-13-5-6-13/h1-4,13,15-17H,5-11H2. The van der Waals surface area contributed by atoms with Gasteiger partial charge in [-0.05, 0) is 30.4 Å². The van der Waals surface area contributed by atoms with Crippen LogP contribution in [0.3, 0.4) is 0 Å². The molecule has 0 radical (unpaired) electrons. The summed E-state index contributed by atoms with van der Waals surface area (Å²) in [5.74, 6) is 0. The van der Waals surface area contributed by atoms with Crippen LogP contribution >= 0.6 is 0 Å². The zero-order valence-electron chi connectivity index (χ0n) is 10.8. The van der Waals surface area contributed by atoms with Crippen molar-refractivity contribution >= 4 is 0 Å². The maximum Gasteiger partial charge on any atom is 0.0952 e. The van der Waals surface area contributed by atoms with E-state index in [0.29, 0.717) is 0 Å². The Morgan fingerprint density at radius 2 is 2.06 bits per heavy atom.